The Kier molecular flexibility index (Phi) is 3.39. The van der Waals surface area contributed by atoms with Crippen LogP contribution < -0.4 is 0 Å². The third-order valence-electron chi connectivity index (χ3n) is 4.88. The average Bonchev–Trinajstić information content (AvgIpc) is 2.93. The van der Waals surface area contributed by atoms with Gasteiger partial charge in [-0.05, 0) is 61.2 Å². The van der Waals surface area contributed by atoms with Gasteiger partial charge in [-0.15, -0.1) is 11.3 Å². The van der Waals surface area contributed by atoms with Crippen LogP contribution in [0.1, 0.15) is 34.9 Å². The zero-order valence-corrected chi connectivity index (χ0v) is 13.2. The van der Waals surface area contributed by atoms with Crippen molar-refractivity contribution in [3.05, 3.63) is 57.3 Å². The summed E-state index contributed by atoms with van der Waals surface area (Å²) in [6.07, 6.45) is 2.17. The maximum atomic E-state index is 11.2. The van der Waals surface area contributed by atoms with E-state index in [-0.39, 0.29) is 0 Å². The van der Waals surface area contributed by atoms with Gasteiger partial charge < -0.3 is 5.11 Å². The highest BCUT2D eigenvalue weighted by Crippen LogP contribution is 2.50. The summed E-state index contributed by atoms with van der Waals surface area (Å²) >= 11 is 1.54. The summed E-state index contributed by atoms with van der Waals surface area (Å²) in [4.78, 5) is 0.920. The van der Waals surface area contributed by atoms with E-state index in [4.69, 9.17) is 0 Å². The van der Waals surface area contributed by atoms with E-state index in [1.54, 1.807) is 11.3 Å². The lowest BCUT2D eigenvalue weighted by Crippen LogP contribution is -2.46. The van der Waals surface area contributed by atoms with E-state index in [0.717, 1.165) is 16.9 Å². The standard InChI is InChI=1S/C18H19NOS/c1-13-8-10-21-16(13)17(2,20)18(12-19)9-7-14-5-3-4-6-15(14)11-18/h3-6,8,10,20H,7,9,11H2,1-2H3. The quantitative estimate of drug-likeness (QED) is 0.911. The Morgan fingerprint density at radius 2 is 2.00 bits per heavy atom. The molecule has 1 heterocycles. The molecule has 2 aromatic rings. The molecule has 0 saturated heterocycles. The molecule has 2 atom stereocenters. The highest BCUT2D eigenvalue weighted by Gasteiger charge is 2.51. The molecule has 0 amide bonds. The van der Waals surface area contributed by atoms with Crippen LogP contribution >= 0.6 is 11.3 Å². The van der Waals surface area contributed by atoms with Crippen LogP contribution in [0.3, 0.4) is 0 Å². The predicted octanol–water partition coefficient (Wildman–Crippen LogP) is 3.96. The van der Waals surface area contributed by atoms with Gasteiger partial charge in [0.15, 0.2) is 0 Å². The van der Waals surface area contributed by atoms with Crippen molar-refractivity contribution in [2.24, 2.45) is 5.41 Å². The van der Waals surface area contributed by atoms with Crippen LogP contribution in [0.15, 0.2) is 35.7 Å². The molecule has 21 heavy (non-hydrogen) atoms. The molecule has 2 nitrogen and oxygen atoms in total. The number of thiophene rings is 1. The molecule has 0 fully saturated rings. The Morgan fingerprint density at radius 3 is 2.62 bits per heavy atom. The fourth-order valence-corrected chi connectivity index (χ4v) is 4.53. The van der Waals surface area contributed by atoms with Crippen molar-refractivity contribution in [1.29, 1.82) is 5.26 Å². The minimum atomic E-state index is -1.12. The predicted molar refractivity (Wildman–Crippen MR) is 85.1 cm³/mol. The number of rotatable bonds is 2. The smallest absolute Gasteiger partial charge is 0.115 e. The molecule has 2 unspecified atom stereocenters. The van der Waals surface area contributed by atoms with Crippen molar-refractivity contribution in [1.82, 2.24) is 0 Å². The molecule has 1 aromatic heterocycles. The van der Waals surface area contributed by atoms with Crippen molar-refractivity contribution < 1.29 is 5.11 Å². The van der Waals surface area contributed by atoms with Gasteiger partial charge in [0.1, 0.15) is 5.60 Å². The first kappa shape index (κ1) is 14.3. The molecule has 3 heteroatoms. The van der Waals surface area contributed by atoms with Crippen LogP contribution in [-0.2, 0) is 18.4 Å². The Bertz CT molecular complexity index is 710. The summed E-state index contributed by atoms with van der Waals surface area (Å²) in [6.45, 7) is 3.81. The molecule has 1 aromatic carbocycles. The molecule has 0 radical (unpaired) electrons. The molecule has 1 N–H and O–H groups in total. The van der Waals surface area contributed by atoms with E-state index in [2.05, 4.69) is 18.2 Å². The maximum absolute atomic E-state index is 11.2. The van der Waals surface area contributed by atoms with Crippen LogP contribution in [0.25, 0.3) is 0 Å². The van der Waals surface area contributed by atoms with E-state index >= 15 is 0 Å². The fraction of sp³-hybridized carbons (Fsp3) is 0.389. The minimum absolute atomic E-state index is 0.615. The Morgan fingerprint density at radius 1 is 1.29 bits per heavy atom. The molecular weight excluding hydrogens is 278 g/mol. The molecule has 0 saturated carbocycles. The second kappa shape index (κ2) is 4.98. The molecule has 0 spiro atoms. The van der Waals surface area contributed by atoms with Gasteiger partial charge in [0.25, 0.3) is 0 Å². The average molecular weight is 297 g/mol. The van der Waals surface area contributed by atoms with Gasteiger partial charge in [-0.1, -0.05) is 24.3 Å². The van der Waals surface area contributed by atoms with Gasteiger partial charge in [-0.2, -0.15) is 5.26 Å². The van der Waals surface area contributed by atoms with E-state index in [1.807, 2.05) is 37.4 Å². The topological polar surface area (TPSA) is 44.0 Å². The highest BCUT2D eigenvalue weighted by molar-refractivity contribution is 7.10. The van der Waals surface area contributed by atoms with Gasteiger partial charge in [-0.25, -0.2) is 0 Å². The van der Waals surface area contributed by atoms with Crippen molar-refractivity contribution in [2.75, 3.05) is 0 Å². The largest absolute Gasteiger partial charge is 0.383 e. The van der Waals surface area contributed by atoms with E-state index in [0.29, 0.717) is 12.8 Å². The van der Waals surface area contributed by atoms with Crippen LogP contribution in [-0.4, -0.2) is 5.11 Å². The molecule has 0 bridgehead atoms. The summed E-state index contributed by atoms with van der Waals surface area (Å²) in [5, 5.41) is 23.1. The Labute approximate surface area is 129 Å². The SMILES string of the molecule is Cc1ccsc1C(C)(O)C1(C#N)CCc2ccccc2C1. The second-order valence-corrected chi connectivity index (χ2v) is 7.06. The van der Waals surface area contributed by atoms with Crippen molar-refractivity contribution in [3.8, 4) is 6.07 Å². The Balaban J connectivity index is 2.07. The highest BCUT2D eigenvalue weighted by atomic mass is 32.1. The lowest BCUT2D eigenvalue weighted by Gasteiger charge is -2.43. The lowest BCUT2D eigenvalue weighted by atomic mass is 9.62. The molecule has 1 aliphatic rings. The minimum Gasteiger partial charge on any atom is -0.383 e. The lowest BCUT2D eigenvalue weighted by molar-refractivity contribution is -0.0498. The number of aliphatic hydroxyl groups is 1. The number of hydrogen-bond acceptors (Lipinski definition) is 3. The van der Waals surface area contributed by atoms with Gasteiger partial charge >= 0.3 is 0 Å². The van der Waals surface area contributed by atoms with Crippen LogP contribution in [0, 0.1) is 23.7 Å². The molecular formula is C18H19NOS. The zero-order valence-electron chi connectivity index (χ0n) is 12.4. The third-order valence-corrected chi connectivity index (χ3v) is 6.11. The summed E-state index contributed by atoms with van der Waals surface area (Å²) < 4.78 is 0. The van der Waals surface area contributed by atoms with Gasteiger partial charge in [0.2, 0.25) is 0 Å². The van der Waals surface area contributed by atoms with E-state index < -0.39 is 11.0 Å². The van der Waals surface area contributed by atoms with Crippen molar-refractivity contribution in [3.63, 3.8) is 0 Å². The fourth-order valence-electron chi connectivity index (χ4n) is 3.44. The maximum Gasteiger partial charge on any atom is 0.115 e. The normalized spacial score (nSPS) is 23.9. The molecule has 3 rings (SSSR count). The Hall–Kier alpha value is -1.63. The number of nitriles is 1. The van der Waals surface area contributed by atoms with Crippen molar-refractivity contribution in [2.45, 2.75) is 38.7 Å². The molecule has 1 aliphatic carbocycles. The van der Waals surface area contributed by atoms with Crippen LogP contribution in [0.4, 0.5) is 0 Å². The second-order valence-electron chi connectivity index (χ2n) is 6.14. The molecule has 0 aliphatic heterocycles. The van der Waals surface area contributed by atoms with Gasteiger partial charge in [0, 0.05) is 4.88 Å². The third kappa shape index (κ3) is 2.10. The number of nitrogens with zero attached hydrogens (tertiary/aromatic N) is 1. The van der Waals surface area contributed by atoms with Crippen molar-refractivity contribution >= 4 is 11.3 Å². The van der Waals surface area contributed by atoms with E-state index in [9.17, 15) is 10.4 Å². The number of fused-ring (bicyclic) bond motifs is 1. The number of benzene rings is 1. The monoisotopic (exact) mass is 297 g/mol. The first-order chi connectivity index (χ1) is 10.00. The summed E-state index contributed by atoms with van der Waals surface area (Å²) in [5.74, 6) is 0. The first-order valence-electron chi connectivity index (χ1n) is 7.25. The van der Waals surface area contributed by atoms with Crippen LogP contribution in [0.5, 0.6) is 0 Å². The summed E-state index contributed by atoms with van der Waals surface area (Å²) in [7, 11) is 0. The van der Waals surface area contributed by atoms with Gasteiger partial charge in [0.05, 0.1) is 11.5 Å². The number of hydrogen-bond donors (Lipinski definition) is 1. The van der Waals surface area contributed by atoms with Gasteiger partial charge in [-0.3, -0.25) is 0 Å². The van der Waals surface area contributed by atoms with Crippen LogP contribution in [0.2, 0.25) is 0 Å². The first-order valence-corrected chi connectivity index (χ1v) is 8.13. The summed E-state index contributed by atoms with van der Waals surface area (Å²) in [6, 6.07) is 12.7. The summed E-state index contributed by atoms with van der Waals surface area (Å²) in [5.41, 5.74) is 1.70. The number of aryl methyl sites for hydroxylation is 2. The zero-order chi connectivity index (χ0) is 15.1. The molecule has 108 valence electrons. The van der Waals surface area contributed by atoms with E-state index in [1.165, 1.54) is 11.1 Å².